The van der Waals surface area contributed by atoms with E-state index in [1.165, 1.54) is 16.6 Å². The topological polar surface area (TPSA) is 17.0 Å². The average molecular weight is 228 g/mol. The van der Waals surface area contributed by atoms with Crippen LogP contribution >= 0.6 is 0 Å². The van der Waals surface area contributed by atoms with Crippen molar-refractivity contribution in [3.05, 3.63) is 48.7 Å². The van der Waals surface area contributed by atoms with Gasteiger partial charge in [0.25, 0.3) is 0 Å². The Morgan fingerprint density at radius 1 is 1.35 bits per heavy atom. The number of aromatic nitrogens is 1. The molecule has 2 heteroatoms. The lowest BCUT2D eigenvalue weighted by molar-refractivity contribution is 0.568. The third kappa shape index (κ3) is 2.59. The monoisotopic (exact) mass is 228 g/mol. The van der Waals surface area contributed by atoms with Gasteiger partial charge in [0.2, 0.25) is 0 Å². The van der Waals surface area contributed by atoms with Gasteiger partial charge in [-0.1, -0.05) is 38.1 Å². The van der Waals surface area contributed by atoms with E-state index in [0.29, 0.717) is 6.04 Å². The van der Waals surface area contributed by atoms with Gasteiger partial charge in [0, 0.05) is 30.3 Å². The standard InChI is InChI=1S/C15H20N2/c1-4-9-17-14(11-16-12(2)3)10-13-7-5-6-8-15(13)17/h4-8,10,12,16H,1,9,11H2,2-3H3. The van der Waals surface area contributed by atoms with Gasteiger partial charge in [-0.3, -0.25) is 0 Å². The molecular weight excluding hydrogens is 208 g/mol. The van der Waals surface area contributed by atoms with Crippen molar-refractivity contribution in [2.24, 2.45) is 0 Å². The molecule has 2 rings (SSSR count). The lowest BCUT2D eigenvalue weighted by atomic mass is 10.2. The van der Waals surface area contributed by atoms with Crippen LogP contribution < -0.4 is 5.32 Å². The van der Waals surface area contributed by atoms with E-state index in [9.17, 15) is 0 Å². The summed E-state index contributed by atoms with van der Waals surface area (Å²) in [5.74, 6) is 0. The quantitative estimate of drug-likeness (QED) is 0.777. The molecule has 1 aromatic heterocycles. The fraction of sp³-hybridized carbons (Fsp3) is 0.333. The molecule has 0 radical (unpaired) electrons. The molecule has 0 spiro atoms. The number of nitrogens with zero attached hydrogens (tertiary/aromatic N) is 1. The maximum Gasteiger partial charge on any atom is 0.0485 e. The summed E-state index contributed by atoms with van der Waals surface area (Å²) in [6.07, 6.45) is 1.95. The van der Waals surface area contributed by atoms with Gasteiger partial charge in [0.05, 0.1) is 0 Å². The van der Waals surface area contributed by atoms with Gasteiger partial charge in [0.15, 0.2) is 0 Å². The van der Waals surface area contributed by atoms with Crippen LogP contribution in [0.5, 0.6) is 0 Å². The van der Waals surface area contributed by atoms with Gasteiger partial charge in [0.1, 0.15) is 0 Å². The first kappa shape index (κ1) is 11.9. The highest BCUT2D eigenvalue weighted by atomic mass is 15.0. The molecule has 2 aromatic rings. The molecule has 0 saturated carbocycles. The molecular formula is C15H20N2. The highest BCUT2D eigenvalue weighted by Gasteiger charge is 2.07. The van der Waals surface area contributed by atoms with Gasteiger partial charge in [-0.15, -0.1) is 6.58 Å². The third-order valence-corrected chi connectivity index (χ3v) is 2.90. The number of para-hydroxylation sites is 1. The summed E-state index contributed by atoms with van der Waals surface area (Å²) in [5.41, 5.74) is 2.60. The van der Waals surface area contributed by atoms with E-state index < -0.39 is 0 Å². The Bertz CT molecular complexity index is 509. The van der Waals surface area contributed by atoms with Crippen LogP contribution in [0, 0.1) is 0 Å². The largest absolute Gasteiger partial charge is 0.339 e. The van der Waals surface area contributed by atoms with E-state index in [1.54, 1.807) is 0 Å². The molecule has 1 heterocycles. The van der Waals surface area contributed by atoms with Crippen LogP contribution in [-0.2, 0) is 13.1 Å². The second kappa shape index (κ2) is 5.19. The first-order valence-corrected chi connectivity index (χ1v) is 6.14. The zero-order valence-electron chi connectivity index (χ0n) is 10.6. The fourth-order valence-corrected chi connectivity index (χ4v) is 2.07. The Hall–Kier alpha value is -1.54. The van der Waals surface area contributed by atoms with Crippen LogP contribution in [0.3, 0.4) is 0 Å². The molecule has 1 aromatic carbocycles. The first-order chi connectivity index (χ1) is 8.22. The Balaban J connectivity index is 2.38. The molecule has 17 heavy (non-hydrogen) atoms. The lowest BCUT2D eigenvalue weighted by Crippen LogP contribution is -2.23. The van der Waals surface area contributed by atoms with Gasteiger partial charge in [-0.2, -0.15) is 0 Å². The van der Waals surface area contributed by atoms with Crippen LogP contribution in [-0.4, -0.2) is 10.6 Å². The van der Waals surface area contributed by atoms with Crippen LogP contribution in [0.15, 0.2) is 43.0 Å². The zero-order chi connectivity index (χ0) is 12.3. The van der Waals surface area contributed by atoms with E-state index in [2.05, 4.69) is 60.6 Å². The number of hydrogen-bond donors (Lipinski definition) is 1. The summed E-state index contributed by atoms with van der Waals surface area (Å²) in [6, 6.07) is 11.3. The summed E-state index contributed by atoms with van der Waals surface area (Å²) in [5, 5.41) is 4.77. The number of benzene rings is 1. The van der Waals surface area contributed by atoms with Crippen molar-refractivity contribution in [3.63, 3.8) is 0 Å². The zero-order valence-corrected chi connectivity index (χ0v) is 10.6. The molecule has 0 aliphatic rings. The molecule has 0 bridgehead atoms. The number of hydrogen-bond acceptors (Lipinski definition) is 1. The number of rotatable bonds is 5. The van der Waals surface area contributed by atoms with Crippen molar-refractivity contribution < 1.29 is 0 Å². The molecule has 1 N–H and O–H groups in total. The predicted octanol–water partition coefficient (Wildman–Crippen LogP) is 3.33. The molecule has 2 nitrogen and oxygen atoms in total. The second-order valence-electron chi connectivity index (χ2n) is 4.63. The highest BCUT2D eigenvalue weighted by Crippen LogP contribution is 2.19. The molecule has 0 atom stereocenters. The fourth-order valence-electron chi connectivity index (χ4n) is 2.07. The molecule has 90 valence electrons. The number of nitrogens with one attached hydrogen (secondary N) is 1. The smallest absolute Gasteiger partial charge is 0.0485 e. The van der Waals surface area contributed by atoms with Gasteiger partial charge in [-0.25, -0.2) is 0 Å². The first-order valence-electron chi connectivity index (χ1n) is 6.14. The van der Waals surface area contributed by atoms with Crippen LogP contribution in [0.4, 0.5) is 0 Å². The Labute approximate surface area is 103 Å². The third-order valence-electron chi connectivity index (χ3n) is 2.90. The van der Waals surface area contributed by atoms with Crippen LogP contribution in [0.25, 0.3) is 10.9 Å². The Kier molecular flexibility index (Phi) is 3.64. The summed E-state index contributed by atoms with van der Waals surface area (Å²) in [7, 11) is 0. The molecule has 0 amide bonds. The second-order valence-corrected chi connectivity index (χ2v) is 4.63. The minimum Gasteiger partial charge on any atom is -0.339 e. The van der Waals surface area contributed by atoms with E-state index in [0.717, 1.165) is 13.1 Å². The van der Waals surface area contributed by atoms with E-state index in [4.69, 9.17) is 0 Å². The minimum atomic E-state index is 0.505. The summed E-state index contributed by atoms with van der Waals surface area (Å²) in [4.78, 5) is 0. The number of allylic oxidation sites excluding steroid dienone is 1. The van der Waals surface area contributed by atoms with Crippen LogP contribution in [0.1, 0.15) is 19.5 Å². The van der Waals surface area contributed by atoms with Gasteiger partial charge >= 0.3 is 0 Å². The van der Waals surface area contributed by atoms with Crippen molar-refractivity contribution in [1.82, 2.24) is 9.88 Å². The molecule has 0 saturated heterocycles. The highest BCUT2D eigenvalue weighted by molar-refractivity contribution is 5.81. The van der Waals surface area contributed by atoms with E-state index in [1.807, 2.05) is 6.08 Å². The summed E-state index contributed by atoms with van der Waals surface area (Å²) in [6.45, 7) is 9.94. The van der Waals surface area contributed by atoms with Crippen molar-refractivity contribution in [2.45, 2.75) is 33.0 Å². The van der Waals surface area contributed by atoms with Crippen molar-refractivity contribution >= 4 is 10.9 Å². The molecule has 0 fully saturated rings. The lowest BCUT2D eigenvalue weighted by Gasteiger charge is -2.11. The predicted molar refractivity (Wildman–Crippen MR) is 74.1 cm³/mol. The number of fused-ring (bicyclic) bond motifs is 1. The molecule has 0 unspecified atom stereocenters. The van der Waals surface area contributed by atoms with Gasteiger partial charge < -0.3 is 9.88 Å². The van der Waals surface area contributed by atoms with E-state index >= 15 is 0 Å². The maximum absolute atomic E-state index is 3.84. The van der Waals surface area contributed by atoms with E-state index in [-0.39, 0.29) is 0 Å². The van der Waals surface area contributed by atoms with Gasteiger partial charge in [-0.05, 0) is 17.5 Å². The molecule has 0 aliphatic carbocycles. The van der Waals surface area contributed by atoms with Crippen molar-refractivity contribution in [1.29, 1.82) is 0 Å². The normalized spacial score (nSPS) is 11.2. The van der Waals surface area contributed by atoms with Crippen molar-refractivity contribution in [3.8, 4) is 0 Å². The molecule has 0 aliphatic heterocycles. The SMILES string of the molecule is C=CCn1c(CNC(C)C)cc2ccccc21. The Morgan fingerprint density at radius 2 is 2.12 bits per heavy atom. The maximum atomic E-state index is 3.84. The Morgan fingerprint density at radius 3 is 2.82 bits per heavy atom. The van der Waals surface area contributed by atoms with Crippen LogP contribution in [0.2, 0.25) is 0 Å². The average Bonchev–Trinajstić information content (AvgIpc) is 2.66. The van der Waals surface area contributed by atoms with Crippen molar-refractivity contribution in [2.75, 3.05) is 0 Å². The summed E-state index contributed by atoms with van der Waals surface area (Å²) < 4.78 is 2.32. The minimum absolute atomic E-state index is 0.505. The summed E-state index contributed by atoms with van der Waals surface area (Å²) >= 11 is 0.